The van der Waals surface area contributed by atoms with Gasteiger partial charge in [-0.1, -0.05) is 0 Å². The van der Waals surface area contributed by atoms with Crippen molar-refractivity contribution in [2.75, 3.05) is 18.9 Å². The van der Waals surface area contributed by atoms with Crippen LogP contribution < -0.4 is 11.1 Å². The van der Waals surface area contributed by atoms with Gasteiger partial charge in [-0.25, -0.2) is 0 Å². The molecule has 3 N–H and O–H groups in total. The summed E-state index contributed by atoms with van der Waals surface area (Å²) >= 11 is 0. The summed E-state index contributed by atoms with van der Waals surface area (Å²) in [4.78, 5) is 22.2. The summed E-state index contributed by atoms with van der Waals surface area (Å²) in [5.41, 5.74) is 5.13. The van der Waals surface area contributed by atoms with Crippen LogP contribution in [0.1, 0.15) is 30.1 Å². The van der Waals surface area contributed by atoms with Crippen molar-refractivity contribution >= 4 is 17.3 Å². The maximum atomic E-state index is 12.0. The summed E-state index contributed by atoms with van der Waals surface area (Å²) in [6, 6.07) is 4.01. The van der Waals surface area contributed by atoms with Crippen LogP contribution in [-0.2, 0) is 4.74 Å². The number of hydrogen-bond donors (Lipinski definition) is 2. The van der Waals surface area contributed by atoms with E-state index >= 15 is 0 Å². The molecule has 1 aromatic carbocycles. The van der Waals surface area contributed by atoms with E-state index in [0.717, 1.165) is 12.8 Å². The Kier molecular flexibility index (Phi) is 3.89. The number of carbonyl (C=O) groups excluding carboxylic acids is 1. The number of nitrogen functional groups attached to an aromatic ring is 1. The molecule has 0 saturated carbocycles. The molecule has 0 aliphatic carbocycles. The van der Waals surface area contributed by atoms with Crippen molar-refractivity contribution in [3.05, 3.63) is 33.9 Å². The van der Waals surface area contributed by atoms with Gasteiger partial charge in [-0.05, 0) is 31.9 Å². The van der Waals surface area contributed by atoms with E-state index in [1.165, 1.54) is 18.2 Å². The van der Waals surface area contributed by atoms with Crippen LogP contribution in [0, 0.1) is 10.1 Å². The molecule has 1 heterocycles. The first-order valence-corrected chi connectivity index (χ1v) is 6.37. The van der Waals surface area contributed by atoms with E-state index < -0.39 is 4.92 Å². The second-order valence-corrected chi connectivity index (χ2v) is 5.12. The van der Waals surface area contributed by atoms with Crippen LogP contribution in [0.5, 0.6) is 0 Å². The highest BCUT2D eigenvalue weighted by atomic mass is 16.6. The Morgan fingerprint density at radius 1 is 1.60 bits per heavy atom. The minimum absolute atomic E-state index is 0.0395. The summed E-state index contributed by atoms with van der Waals surface area (Å²) in [6.45, 7) is 3.01. The minimum atomic E-state index is -0.604. The summed E-state index contributed by atoms with van der Waals surface area (Å²) < 4.78 is 5.56. The molecule has 1 aliphatic rings. The van der Waals surface area contributed by atoms with Crippen molar-refractivity contribution in [1.29, 1.82) is 0 Å². The van der Waals surface area contributed by atoms with Crippen LogP contribution >= 0.6 is 0 Å². The van der Waals surface area contributed by atoms with Crippen molar-refractivity contribution in [3.63, 3.8) is 0 Å². The molecule has 0 spiro atoms. The number of hydrogen-bond acceptors (Lipinski definition) is 5. The predicted molar refractivity (Wildman–Crippen MR) is 73.4 cm³/mol. The van der Waals surface area contributed by atoms with Gasteiger partial charge in [-0.2, -0.15) is 0 Å². The van der Waals surface area contributed by atoms with Gasteiger partial charge in [0.2, 0.25) is 0 Å². The monoisotopic (exact) mass is 279 g/mol. The zero-order chi connectivity index (χ0) is 14.8. The first kappa shape index (κ1) is 14.3. The van der Waals surface area contributed by atoms with Crippen molar-refractivity contribution in [3.8, 4) is 0 Å². The normalized spacial score (nSPS) is 21.6. The van der Waals surface area contributed by atoms with E-state index in [4.69, 9.17) is 10.5 Å². The highest BCUT2D eigenvalue weighted by Crippen LogP contribution is 2.25. The number of nitrogens with one attached hydrogen (secondary N) is 1. The quantitative estimate of drug-likeness (QED) is 0.493. The average molecular weight is 279 g/mol. The van der Waals surface area contributed by atoms with Gasteiger partial charge in [0.25, 0.3) is 11.6 Å². The SMILES string of the molecule is CC1(CNC(=O)c2ccc(N)c([N+](=O)[O-])c2)CCCO1. The Bertz CT molecular complexity index is 538. The third-order valence-corrected chi connectivity index (χ3v) is 3.41. The van der Waals surface area contributed by atoms with E-state index in [2.05, 4.69) is 5.32 Å². The topological polar surface area (TPSA) is 107 Å². The Morgan fingerprint density at radius 3 is 2.95 bits per heavy atom. The number of nitro groups is 1. The summed E-state index contributed by atoms with van der Waals surface area (Å²) in [5, 5.41) is 13.5. The standard InChI is InChI=1S/C13H17N3O4/c1-13(5-2-6-20-13)8-15-12(17)9-3-4-10(14)11(7-9)16(18)19/h3-4,7H,2,5-6,8,14H2,1H3,(H,15,17). The molecular weight excluding hydrogens is 262 g/mol. The first-order chi connectivity index (χ1) is 9.41. The van der Waals surface area contributed by atoms with E-state index in [1.807, 2.05) is 6.92 Å². The second-order valence-electron chi connectivity index (χ2n) is 5.12. The van der Waals surface area contributed by atoms with Crippen LogP contribution in [0.15, 0.2) is 18.2 Å². The molecule has 1 fully saturated rings. The predicted octanol–water partition coefficient (Wildman–Crippen LogP) is 1.48. The molecule has 2 rings (SSSR count). The van der Waals surface area contributed by atoms with Crippen LogP contribution in [0.25, 0.3) is 0 Å². The number of nitrogens with zero attached hydrogens (tertiary/aromatic N) is 1. The fourth-order valence-corrected chi connectivity index (χ4v) is 2.19. The summed E-state index contributed by atoms with van der Waals surface area (Å²) in [5.74, 6) is -0.371. The van der Waals surface area contributed by atoms with Gasteiger partial charge in [-0.15, -0.1) is 0 Å². The maximum absolute atomic E-state index is 12.0. The molecule has 1 amide bonds. The van der Waals surface area contributed by atoms with Crippen LogP contribution in [-0.4, -0.2) is 29.6 Å². The molecule has 0 bridgehead atoms. The van der Waals surface area contributed by atoms with Gasteiger partial charge >= 0.3 is 0 Å². The Balaban J connectivity index is 2.06. The fraction of sp³-hybridized carbons (Fsp3) is 0.462. The number of rotatable bonds is 4. The third kappa shape index (κ3) is 3.05. The van der Waals surface area contributed by atoms with Gasteiger partial charge in [-0.3, -0.25) is 14.9 Å². The van der Waals surface area contributed by atoms with E-state index in [9.17, 15) is 14.9 Å². The molecule has 1 saturated heterocycles. The average Bonchev–Trinajstić information content (AvgIpc) is 2.84. The second kappa shape index (κ2) is 5.46. The lowest BCUT2D eigenvalue weighted by molar-refractivity contribution is -0.383. The van der Waals surface area contributed by atoms with E-state index in [1.54, 1.807) is 0 Å². The highest BCUT2D eigenvalue weighted by Gasteiger charge is 2.30. The molecule has 108 valence electrons. The van der Waals surface area contributed by atoms with Gasteiger partial charge in [0.1, 0.15) is 5.69 Å². The molecule has 0 radical (unpaired) electrons. The Labute approximate surface area is 116 Å². The van der Waals surface area contributed by atoms with Crippen molar-refractivity contribution in [2.45, 2.75) is 25.4 Å². The molecule has 20 heavy (non-hydrogen) atoms. The first-order valence-electron chi connectivity index (χ1n) is 6.37. The molecular formula is C13H17N3O4. The largest absolute Gasteiger partial charge is 0.393 e. The highest BCUT2D eigenvalue weighted by molar-refractivity contribution is 5.95. The van der Waals surface area contributed by atoms with Gasteiger partial charge in [0.05, 0.1) is 10.5 Å². The number of nitro benzene ring substituents is 1. The van der Waals surface area contributed by atoms with Gasteiger partial charge in [0.15, 0.2) is 0 Å². The molecule has 1 atom stereocenters. The molecule has 7 heteroatoms. The summed E-state index contributed by atoms with van der Waals surface area (Å²) in [6.07, 6.45) is 1.86. The van der Waals surface area contributed by atoms with Crippen molar-refractivity contribution in [1.82, 2.24) is 5.32 Å². The molecule has 1 unspecified atom stereocenters. The number of anilines is 1. The molecule has 1 aliphatic heterocycles. The zero-order valence-corrected chi connectivity index (χ0v) is 11.2. The number of ether oxygens (including phenoxy) is 1. The number of nitrogens with two attached hydrogens (primary N) is 1. The van der Waals surface area contributed by atoms with Crippen LogP contribution in [0.4, 0.5) is 11.4 Å². The minimum Gasteiger partial charge on any atom is -0.393 e. The van der Waals surface area contributed by atoms with Gasteiger partial charge < -0.3 is 15.8 Å². The lowest BCUT2D eigenvalue weighted by Gasteiger charge is -2.23. The Morgan fingerprint density at radius 2 is 2.35 bits per heavy atom. The number of carbonyl (C=O) groups is 1. The lowest BCUT2D eigenvalue weighted by atomic mass is 10.0. The van der Waals surface area contributed by atoms with E-state index in [0.29, 0.717) is 13.2 Å². The third-order valence-electron chi connectivity index (χ3n) is 3.41. The van der Waals surface area contributed by atoms with E-state index in [-0.39, 0.29) is 28.4 Å². The van der Waals surface area contributed by atoms with Crippen molar-refractivity contribution < 1.29 is 14.5 Å². The van der Waals surface area contributed by atoms with Crippen molar-refractivity contribution in [2.24, 2.45) is 0 Å². The summed E-state index contributed by atoms with van der Waals surface area (Å²) in [7, 11) is 0. The Hall–Kier alpha value is -2.15. The maximum Gasteiger partial charge on any atom is 0.292 e. The van der Waals surface area contributed by atoms with Gasteiger partial charge in [0, 0.05) is 24.8 Å². The molecule has 0 aromatic heterocycles. The number of amides is 1. The van der Waals surface area contributed by atoms with Crippen LogP contribution in [0.2, 0.25) is 0 Å². The molecule has 1 aromatic rings. The number of benzene rings is 1. The smallest absolute Gasteiger partial charge is 0.292 e. The lowest BCUT2D eigenvalue weighted by Crippen LogP contribution is -2.40. The van der Waals surface area contributed by atoms with Crippen LogP contribution in [0.3, 0.4) is 0 Å². The molecule has 7 nitrogen and oxygen atoms in total. The zero-order valence-electron chi connectivity index (χ0n) is 11.2. The fourth-order valence-electron chi connectivity index (χ4n) is 2.19.